The van der Waals surface area contributed by atoms with Gasteiger partial charge in [-0.05, 0) is 42.8 Å². The fraction of sp³-hybridized carbons (Fsp3) is 0.0769. The zero-order valence-corrected chi connectivity index (χ0v) is 8.77. The minimum atomic E-state index is -0.333. The maximum absolute atomic E-state index is 12.9. The maximum Gasteiger partial charge on any atom is 0.194 e. The second kappa shape index (κ2) is 4.23. The number of hydrogen-bond acceptors (Lipinski definition) is 2. The summed E-state index contributed by atoms with van der Waals surface area (Å²) < 4.78 is 12.9. The maximum atomic E-state index is 12.9. The van der Waals surface area contributed by atoms with Crippen molar-refractivity contribution in [2.45, 2.75) is 6.92 Å². The molecule has 16 heavy (non-hydrogen) atoms. The Kier molecular flexibility index (Phi) is 2.77. The molecule has 0 aliphatic heterocycles. The van der Waals surface area contributed by atoms with Crippen LogP contribution in [0.3, 0.4) is 0 Å². The molecule has 0 amide bonds. The molecule has 0 fully saturated rings. The average Bonchev–Trinajstić information content (AvgIpc) is 2.29. The first-order chi connectivity index (χ1) is 7.68. The fourth-order valence-electron chi connectivity index (χ4n) is 1.53. The highest BCUT2D eigenvalue weighted by molar-refractivity contribution is 6.09. The highest BCUT2D eigenvalue weighted by atomic mass is 19.1. The van der Waals surface area contributed by atoms with Gasteiger partial charge in [-0.25, -0.2) is 4.39 Å². The van der Waals surface area contributed by atoms with Crippen molar-refractivity contribution in [2.75, 3.05) is 0 Å². The number of hydrogen-bond donors (Lipinski definition) is 0. The van der Waals surface area contributed by atoms with Crippen molar-refractivity contribution in [3.05, 3.63) is 65.2 Å². The minimum absolute atomic E-state index is 0.134. The number of ketones is 1. The second-order valence-corrected chi connectivity index (χ2v) is 3.53. The standard InChI is InChI=1S/C13H10FNO/c1-9-7-11(14)4-5-12(9)13(16)10-3-2-6-15-8-10/h2-8H,1H3. The molecule has 0 atom stereocenters. The van der Waals surface area contributed by atoms with Crippen LogP contribution in [0.15, 0.2) is 42.7 Å². The van der Waals surface area contributed by atoms with Gasteiger partial charge in [-0.3, -0.25) is 9.78 Å². The van der Waals surface area contributed by atoms with Crippen molar-refractivity contribution in [1.82, 2.24) is 4.98 Å². The third kappa shape index (κ3) is 1.98. The van der Waals surface area contributed by atoms with Crippen molar-refractivity contribution in [3.63, 3.8) is 0 Å². The topological polar surface area (TPSA) is 30.0 Å². The lowest BCUT2D eigenvalue weighted by atomic mass is 10.0. The molecule has 0 spiro atoms. The summed E-state index contributed by atoms with van der Waals surface area (Å²) in [5.41, 5.74) is 1.65. The fourth-order valence-corrected chi connectivity index (χ4v) is 1.53. The van der Waals surface area contributed by atoms with Crippen LogP contribution in [0.25, 0.3) is 0 Å². The first kappa shape index (κ1) is 10.5. The molecule has 2 aromatic rings. The van der Waals surface area contributed by atoms with E-state index in [1.54, 1.807) is 25.3 Å². The molecule has 0 bridgehead atoms. The van der Waals surface area contributed by atoms with E-state index in [0.29, 0.717) is 16.7 Å². The van der Waals surface area contributed by atoms with E-state index in [-0.39, 0.29) is 11.6 Å². The van der Waals surface area contributed by atoms with Gasteiger partial charge >= 0.3 is 0 Å². The van der Waals surface area contributed by atoms with E-state index >= 15 is 0 Å². The van der Waals surface area contributed by atoms with Gasteiger partial charge in [0.1, 0.15) is 5.82 Å². The van der Waals surface area contributed by atoms with Crippen LogP contribution >= 0.6 is 0 Å². The number of aryl methyl sites for hydroxylation is 1. The van der Waals surface area contributed by atoms with Crippen molar-refractivity contribution in [3.8, 4) is 0 Å². The second-order valence-electron chi connectivity index (χ2n) is 3.53. The molecule has 1 aromatic carbocycles. The molecule has 2 nitrogen and oxygen atoms in total. The molecule has 0 N–H and O–H groups in total. The SMILES string of the molecule is Cc1cc(F)ccc1C(=O)c1cccnc1. The van der Waals surface area contributed by atoms with Crippen molar-refractivity contribution in [1.29, 1.82) is 0 Å². The van der Waals surface area contributed by atoms with Crippen molar-refractivity contribution in [2.24, 2.45) is 0 Å². The van der Waals surface area contributed by atoms with E-state index in [2.05, 4.69) is 4.98 Å². The van der Waals surface area contributed by atoms with Crippen LogP contribution in [-0.4, -0.2) is 10.8 Å². The summed E-state index contributed by atoms with van der Waals surface area (Å²) in [6.07, 6.45) is 3.11. The van der Waals surface area contributed by atoms with Crippen LogP contribution in [-0.2, 0) is 0 Å². The van der Waals surface area contributed by atoms with Gasteiger partial charge in [-0.2, -0.15) is 0 Å². The van der Waals surface area contributed by atoms with Crippen LogP contribution in [0.5, 0.6) is 0 Å². The number of nitrogens with zero attached hydrogens (tertiary/aromatic N) is 1. The van der Waals surface area contributed by atoms with E-state index in [9.17, 15) is 9.18 Å². The van der Waals surface area contributed by atoms with Crippen LogP contribution in [0, 0.1) is 12.7 Å². The predicted molar refractivity (Wildman–Crippen MR) is 58.8 cm³/mol. The van der Waals surface area contributed by atoms with Gasteiger partial charge in [0.15, 0.2) is 5.78 Å². The van der Waals surface area contributed by atoms with Crippen molar-refractivity contribution >= 4 is 5.78 Å². The number of pyridine rings is 1. The molecular weight excluding hydrogens is 205 g/mol. The predicted octanol–water partition coefficient (Wildman–Crippen LogP) is 2.76. The summed E-state index contributed by atoms with van der Waals surface area (Å²) >= 11 is 0. The lowest BCUT2D eigenvalue weighted by molar-refractivity contribution is 0.103. The number of carbonyl (C=O) groups excluding carboxylic acids is 1. The summed E-state index contributed by atoms with van der Waals surface area (Å²) in [5, 5.41) is 0. The molecule has 2 rings (SSSR count). The highest BCUT2D eigenvalue weighted by Gasteiger charge is 2.11. The largest absolute Gasteiger partial charge is 0.289 e. The Bertz CT molecular complexity index is 523. The van der Waals surface area contributed by atoms with Gasteiger partial charge in [-0.15, -0.1) is 0 Å². The first-order valence-electron chi connectivity index (χ1n) is 4.89. The van der Waals surface area contributed by atoms with Gasteiger partial charge in [0.05, 0.1) is 0 Å². The van der Waals surface area contributed by atoms with Crippen LogP contribution < -0.4 is 0 Å². The summed E-state index contributed by atoms with van der Waals surface area (Å²) in [5.74, 6) is -0.467. The number of rotatable bonds is 2. The first-order valence-corrected chi connectivity index (χ1v) is 4.89. The molecule has 80 valence electrons. The third-order valence-electron chi connectivity index (χ3n) is 2.36. The average molecular weight is 215 g/mol. The van der Waals surface area contributed by atoms with Crippen LogP contribution in [0.2, 0.25) is 0 Å². The summed E-state index contributed by atoms with van der Waals surface area (Å²) in [7, 11) is 0. The van der Waals surface area contributed by atoms with E-state index in [4.69, 9.17) is 0 Å². The smallest absolute Gasteiger partial charge is 0.194 e. The Morgan fingerprint density at radius 3 is 2.75 bits per heavy atom. The van der Waals surface area contributed by atoms with Gasteiger partial charge in [-0.1, -0.05) is 0 Å². The lowest BCUT2D eigenvalue weighted by Gasteiger charge is -2.04. The Hall–Kier alpha value is -2.03. The Labute approximate surface area is 92.8 Å². The number of aromatic nitrogens is 1. The van der Waals surface area contributed by atoms with Gasteiger partial charge < -0.3 is 0 Å². The monoisotopic (exact) mass is 215 g/mol. The molecule has 0 radical (unpaired) electrons. The lowest BCUT2D eigenvalue weighted by Crippen LogP contribution is -2.04. The number of halogens is 1. The molecule has 0 aliphatic carbocycles. The number of benzene rings is 1. The van der Waals surface area contributed by atoms with E-state index in [1.165, 1.54) is 24.4 Å². The van der Waals surface area contributed by atoms with Crippen LogP contribution in [0.4, 0.5) is 4.39 Å². The number of carbonyl (C=O) groups is 1. The molecule has 0 saturated carbocycles. The Morgan fingerprint density at radius 2 is 2.12 bits per heavy atom. The minimum Gasteiger partial charge on any atom is -0.289 e. The molecule has 1 heterocycles. The zero-order valence-electron chi connectivity index (χ0n) is 8.77. The Balaban J connectivity index is 2.42. The zero-order chi connectivity index (χ0) is 11.5. The van der Waals surface area contributed by atoms with Gasteiger partial charge in [0.2, 0.25) is 0 Å². The summed E-state index contributed by atoms with van der Waals surface area (Å²) in [4.78, 5) is 15.9. The molecule has 3 heteroatoms. The Morgan fingerprint density at radius 1 is 1.31 bits per heavy atom. The highest BCUT2D eigenvalue weighted by Crippen LogP contribution is 2.14. The molecule has 0 saturated heterocycles. The van der Waals surface area contributed by atoms with E-state index < -0.39 is 0 Å². The molecule has 0 aliphatic rings. The summed E-state index contributed by atoms with van der Waals surface area (Å²) in [6.45, 7) is 1.71. The third-order valence-corrected chi connectivity index (χ3v) is 2.36. The van der Waals surface area contributed by atoms with E-state index in [1.807, 2.05) is 0 Å². The van der Waals surface area contributed by atoms with E-state index in [0.717, 1.165) is 0 Å². The van der Waals surface area contributed by atoms with Gasteiger partial charge in [0, 0.05) is 23.5 Å². The molecule has 1 aromatic heterocycles. The normalized spacial score (nSPS) is 10.1. The quantitative estimate of drug-likeness (QED) is 0.721. The van der Waals surface area contributed by atoms with Crippen LogP contribution in [0.1, 0.15) is 21.5 Å². The molecular formula is C13H10FNO. The molecule has 0 unspecified atom stereocenters. The van der Waals surface area contributed by atoms with Crippen molar-refractivity contribution < 1.29 is 9.18 Å². The summed E-state index contributed by atoms with van der Waals surface area (Å²) in [6, 6.07) is 7.53. The van der Waals surface area contributed by atoms with Gasteiger partial charge in [0.25, 0.3) is 0 Å².